The number of carbonyl (C=O) groups is 1. The van der Waals surface area contributed by atoms with E-state index in [0.717, 1.165) is 18.5 Å². The topological polar surface area (TPSA) is 63.7 Å². The van der Waals surface area contributed by atoms with Gasteiger partial charge in [-0.15, -0.1) is 0 Å². The van der Waals surface area contributed by atoms with Gasteiger partial charge >= 0.3 is 0 Å². The molecule has 1 amide bonds. The number of nitrogens with zero attached hydrogens (tertiary/aromatic N) is 2. The summed E-state index contributed by atoms with van der Waals surface area (Å²) in [7, 11) is 3.58. The van der Waals surface area contributed by atoms with Crippen LogP contribution in [-0.4, -0.2) is 68.9 Å². The molecule has 0 bridgehead atoms. The zero-order valence-electron chi connectivity index (χ0n) is 15.5. The van der Waals surface area contributed by atoms with E-state index in [1.54, 1.807) is 7.11 Å². The van der Waals surface area contributed by atoms with E-state index in [1.165, 1.54) is 10.9 Å². The third kappa shape index (κ3) is 4.78. The van der Waals surface area contributed by atoms with Crippen LogP contribution in [0.25, 0.3) is 10.9 Å². The van der Waals surface area contributed by atoms with Gasteiger partial charge in [0, 0.05) is 31.2 Å². The van der Waals surface area contributed by atoms with Crippen LogP contribution in [0.15, 0.2) is 36.5 Å². The molecule has 1 aliphatic heterocycles. The molecular formula is C20H27N3O3. The van der Waals surface area contributed by atoms with Gasteiger partial charge in [0.15, 0.2) is 0 Å². The van der Waals surface area contributed by atoms with Gasteiger partial charge in [-0.3, -0.25) is 14.7 Å². The molecule has 2 aromatic rings. The van der Waals surface area contributed by atoms with Gasteiger partial charge in [-0.2, -0.15) is 0 Å². The van der Waals surface area contributed by atoms with E-state index in [2.05, 4.69) is 22.4 Å². The molecule has 1 N–H and O–H groups in total. The lowest BCUT2D eigenvalue weighted by Crippen LogP contribution is -2.45. The molecule has 140 valence electrons. The van der Waals surface area contributed by atoms with Gasteiger partial charge < -0.3 is 14.8 Å². The van der Waals surface area contributed by atoms with Crippen LogP contribution in [0.3, 0.4) is 0 Å². The lowest BCUT2D eigenvalue weighted by molar-refractivity contribution is -0.123. The zero-order chi connectivity index (χ0) is 18.4. The van der Waals surface area contributed by atoms with Crippen LogP contribution in [0.2, 0.25) is 0 Å². The molecule has 0 radical (unpaired) electrons. The van der Waals surface area contributed by atoms with Crippen molar-refractivity contribution in [2.45, 2.75) is 12.5 Å². The highest BCUT2D eigenvalue weighted by atomic mass is 16.5. The molecule has 1 aliphatic rings. The van der Waals surface area contributed by atoms with E-state index in [-0.39, 0.29) is 17.9 Å². The van der Waals surface area contributed by atoms with E-state index in [1.807, 2.05) is 36.3 Å². The predicted octanol–water partition coefficient (Wildman–Crippen LogP) is 1.49. The number of para-hydroxylation sites is 1. The van der Waals surface area contributed by atoms with Gasteiger partial charge in [0.05, 0.1) is 37.9 Å². The number of hydrogen-bond donors (Lipinski definition) is 1. The van der Waals surface area contributed by atoms with Crippen molar-refractivity contribution in [3.05, 3.63) is 42.1 Å². The van der Waals surface area contributed by atoms with E-state index in [0.29, 0.717) is 26.4 Å². The van der Waals surface area contributed by atoms with E-state index >= 15 is 0 Å². The highest BCUT2D eigenvalue weighted by molar-refractivity contribution is 5.82. The molecule has 1 aromatic carbocycles. The van der Waals surface area contributed by atoms with Gasteiger partial charge in [-0.1, -0.05) is 18.2 Å². The number of likely N-dealkylation sites (N-methyl/N-ethyl adjacent to an activating group) is 1. The minimum atomic E-state index is 0.0312. The Labute approximate surface area is 154 Å². The van der Waals surface area contributed by atoms with Crippen molar-refractivity contribution in [1.82, 2.24) is 15.2 Å². The van der Waals surface area contributed by atoms with Gasteiger partial charge in [0.1, 0.15) is 0 Å². The zero-order valence-corrected chi connectivity index (χ0v) is 15.5. The molecule has 6 nitrogen and oxygen atoms in total. The number of hydrogen-bond acceptors (Lipinski definition) is 5. The van der Waals surface area contributed by atoms with Crippen molar-refractivity contribution in [3.8, 4) is 0 Å². The SMILES string of the molecule is COCCN(C)CC(=O)N[C@H]1COC[C@H]1Cc1ccnc2ccccc12. The molecule has 0 saturated carbocycles. The molecule has 0 spiro atoms. The summed E-state index contributed by atoms with van der Waals surface area (Å²) >= 11 is 0. The van der Waals surface area contributed by atoms with Crippen molar-refractivity contribution in [3.63, 3.8) is 0 Å². The monoisotopic (exact) mass is 357 g/mol. The largest absolute Gasteiger partial charge is 0.383 e. The number of rotatable bonds is 8. The summed E-state index contributed by atoms with van der Waals surface area (Å²) in [5.74, 6) is 0.303. The van der Waals surface area contributed by atoms with Crippen LogP contribution in [-0.2, 0) is 20.7 Å². The lowest BCUT2D eigenvalue weighted by Gasteiger charge is -2.22. The summed E-state index contributed by atoms with van der Waals surface area (Å²) in [6.07, 6.45) is 2.72. The smallest absolute Gasteiger partial charge is 0.234 e. The Morgan fingerprint density at radius 2 is 2.19 bits per heavy atom. The van der Waals surface area contributed by atoms with Crippen molar-refractivity contribution in [1.29, 1.82) is 0 Å². The van der Waals surface area contributed by atoms with Crippen LogP contribution in [0.1, 0.15) is 5.56 Å². The number of methoxy groups -OCH3 is 1. The standard InChI is InChI=1S/C20H27N3O3/c1-23(9-10-25-2)12-20(24)22-19-14-26-13-16(19)11-15-7-8-21-18-6-4-3-5-17(15)18/h3-8,16,19H,9-14H2,1-2H3,(H,22,24)/t16-,19+/m1/s1. The molecule has 0 aliphatic carbocycles. The Morgan fingerprint density at radius 1 is 1.35 bits per heavy atom. The molecule has 1 saturated heterocycles. The average Bonchev–Trinajstić information content (AvgIpc) is 3.07. The van der Waals surface area contributed by atoms with E-state index < -0.39 is 0 Å². The third-order valence-corrected chi connectivity index (χ3v) is 4.86. The molecule has 6 heteroatoms. The van der Waals surface area contributed by atoms with Crippen LogP contribution in [0, 0.1) is 5.92 Å². The van der Waals surface area contributed by atoms with Crippen molar-refractivity contribution in [2.75, 3.05) is 47.1 Å². The number of benzene rings is 1. The number of carbonyl (C=O) groups excluding carboxylic acids is 1. The van der Waals surface area contributed by atoms with E-state index in [4.69, 9.17) is 9.47 Å². The van der Waals surface area contributed by atoms with Gasteiger partial charge in [-0.25, -0.2) is 0 Å². The lowest BCUT2D eigenvalue weighted by atomic mass is 9.93. The number of amides is 1. The Kier molecular flexibility index (Phi) is 6.55. The molecule has 0 unspecified atom stereocenters. The fourth-order valence-electron chi connectivity index (χ4n) is 3.40. The Balaban J connectivity index is 1.60. The number of nitrogens with one attached hydrogen (secondary N) is 1. The number of aromatic nitrogens is 1. The maximum absolute atomic E-state index is 12.3. The predicted molar refractivity (Wildman–Crippen MR) is 101 cm³/mol. The molecule has 1 fully saturated rings. The van der Waals surface area contributed by atoms with Gasteiger partial charge in [-0.05, 0) is 31.2 Å². The van der Waals surface area contributed by atoms with Crippen molar-refractivity contribution in [2.24, 2.45) is 5.92 Å². The number of pyridine rings is 1. The molecular weight excluding hydrogens is 330 g/mol. The number of ether oxygens (including phenoxy) is 2. The minimum absolute atomic E-state index is 0.0312. The quantitative estimate of drug-likeness (QED) is 0.775. The highest BCUT2D eigenvalue weighted by Crippen LogP contribution is 2.24. The third-order valence-electron chi connectivity index (χ3n) is 4.86. The van der Waals surface area contributed by atoms with Crippen LogP contribution < -0.4 is 5.32 Å². The second-order valence-corrected chi connectivity index (χ2v) is 6.89. The van der Waals surface area contributed by atoms with Crippen molar-refractivity contribution < 1.29 is 14.3 Å². The summed E-state index contributed by atoms with van der Waals surface area (Å²) in [5, 5.41) is 4.32. The molecule has 1 aromatic heterocycles. The molecule has 2 atom stereocenters. The molecule has 26 heavy (non-hydrogen) atoms. The maximum atomic E-state index is 12.3. The maximum Gasteiger partial charge on any atom is 0.234 e. The summed E-state index contributed by atoms with van der Waals surface area (Å²) in [6.45, 7) is 2.96. The normalized spacial score (nSPS) is 20.0. The highest BCUT2D eigenvalue weighted by Gasteiger charge is 2.30. The van der Waals surface area contributed by atoms with Crippen LogP contribution in [0.4, 0.5) is 0 Å². The van der Waals surface area contributed by atoms with Crippen LogP contribution >= 0.6 is 0 Å². The van der Waals surface area contributed by atoms with Gasteiger partial charge in [0.2, 0.25) is 5.91 Å². The second-order valence-electron chi connectivity index (χ2n) is 6.89. The summed E-state index contributed by atoms with van der Waals surface area (Å²) in [4.78, 5) is 18.7. The first kappa shape index (κ1) is 18.8. The fourth-order valence-corrected chi connectivity index (χ4v) is 3.40. The Hall–Kier alpha value is -2.02. The molecule has 3 rings (SSSR count). The van der Waals surface area contributed by atoms with Crippen LogP contribution in [0.5, 0.6) is 0 Å². The van der Waals surface area contributed by atoms with E-state index in [9.17, 15) is 4.79 Å². The first-order valence-corrected chi connectivity index (χ1v) is 9.04. The summed E-state index contributed by atoms with van der Waals surface area (Å²) in [6, 6.07) is 10.3. The fraction of sp³-hybridized carbons (Fsp3) is 0.500. The first-order valence-electron chi connectivity index (χ1n) is 9.04. The molecule has 2 heterocycles. The van der Waals surface area contributed by atoms with Gasteiger partial charge in [0.25, 0.3) is 0 Å². The number of fused-ring (bicyclic) bond motifs is 1. The summed E-state index contributed by atoms with van der Waals surface area (Å²) < 4.78 is 10.7. The Morgan fingerprint density at radius 3 is 3.04 bits per heavy atom. The average molecular weight is 357 g/mol. The Bertz CT molecular complexity index is 732. The van der Waals surface area contributed by atoms with Crippen molar-refractivity contribution >= 4 is 16.8 Å². The first-order chi connectivity index (χ1) is 12.7. The second kappa shape index (κ2) is 9.07. The summed E-state index contributed by atoms with van der Waals surface area (Å²) in [5.41, 5.74) is 2.26. The minimum Gasteiger partial charge on any atom is -0.383 e.